The lowest BCUT2D eigenvalue weighted by atomic mass is 9.94. The quantitative estimate of drug-likeness (QED) is 0.683. The van der Waals surface area contributed by atoms with Gasteiger partial charge in [0.2, 0.25) is 0 Å². The Balaban J connectivity index is 1.91. The van der Waals surface area contributed by atoms with Gasteiger partial charge in [-0.25, -0.2) is 0 Å². The van der Waals surface area contributed by atoms with Crippen LogP contribution >= 0.6 is 0 Å². The molecule has 19 heavy (non-hydrogen) atoms. The van der Waals surface area contributed by atoms with Crippen LogP contribution in [0.2, 0.25) is 0 Å². The van der Waals surface area contributed by atoms with E-state index in [0.717, 1.165) is 38.8 Å². The predicted molar refractivity (Wildman–Crippen MR) is 74.7 cm³/mol. The van der Waals surface area contributed by atoms with Crippen molar-refractivity contribution in [3.05, 3.63) is 0 Å². The van der Waals surface area contributed by atoms with Crippen LogP contribution in [0, 0.1) is 0 Å². The first kappa shape index (κ1) is 14.4. The maximum atomic E-state index is 12.3. The molecule has 0 bridgehead atoms. The van der Waals surface area contributed by atoms with Crippen molar-refractivity contribution in [2.45, 2.75) is 63.8 Å². The summed E-state index contributed by atoms with van der Waals surface area (Å²) in [6, 6.07) is 0.275. The molecule has 2 aliphatic rings. The lowest BCUT2D eigenvalue weighted by Crippen LogP contribution is -2.48. The third-order valence-electron chi connectivity index (χ3n) is 4.52. The van der Waals surface area contributed by atoms with Gasteiger partial charge in [-0.05, 0) is 25.7 Å². The number of amides is 2. The highest BCUT2D eigenvalue weighted by Gasteiger charge is 2.29. The molecule has 0 aromatic rings. The van der Waals surface area contributed by atoms with E-state index in [1.165, 1.54) is 32.1 Å². The van der Waals surface area contributed by atoms with Crippen molar-refractivity contribution in [2.24, 2.45) is 0 Å². The minimum Gasteiger partial charge on any atom is -0.335 e. The van der Waals surface area contributed by atoms with Crippen molar-refractivity contribution in [2.75, 3.05) is 20.1 Å². The van der Waals surface area contributed by atoms with Crippen LogP contribution in [-0.2, 0) is 9.59 Å². The van der Waals surface area contributed by atoms with E-state index in [-0.39, 0.29) is 17.9 Å². The SMILES string of the molecule is CN(C(=O)C(=O)N1CCCCCC1)C1CCCCC1. The van der Waals surface area contributed by atoms with Gasteiger partial charge in [-0.15, -0.1) is 0 Å². The Hall–Kier alpha value is -1.06. The number of likely N-dealkylation sites (N-methyl/N-ethyl adjacent to an activating group) is 1. The van der Waals surface area contributed by atoms with Crippen LogP contribution in [0.25, 0.3) is 0 Å². The van der Waals surface area contributed by atoms with Crippen molar-refractivity contribution >= 4 is 11.8 Å². The van der Waals surface area contributed by atoms with Crippen molar-refractivity contribution in [1.82, 2.24) is 9.80 Å². The van der Waals surface area contributed by atoms with Crippen LogP contribution < -0.4 is 0 Å². The van der Waals surface area contributed by atoms with Gasteiger partial charge in [0, 0.05) is 26.2 Å². The van der Waals surface area contributed by atoms with Gasteiger partial charge in [-0.2, -0.15) is 0 Å². The molecule has 0 spiro atoms. The molecule has 1 saturated heterocycles. The van der Waals surface area contributed by atoms with Crippen LogP contribution in [-0.4, -0.2) is 47.8 Å². The van der Waals surface area contributed by atoms with Crippen molar-refractivity contribution < 1.29 is 9.59 Å². The van der Waals surface area contributed by atoms with Crippen molar-refractivity contribution in [3.63, 3.8) is 0 Å². The van der Waals surface area contributed by atoms with Crippen LogP contribution in [0.4, 0.5) is 0 Å². The van der Waals surface area contributed by atoms with E-state index in [0.29, 0.717) is 0 Å². The molecule has 0 unspecified atom stereocenters. The molecule has 4 nitrogen and oxygen atoms in total. The number of carbonyl (C=O) groups excluding carboxylic acids is 2. The average molecular weight is 266 g/mol. The molecule has 2 rings (SSSR count). The lowest BCUT2D eigenvalue weighted by Gasteiger charge is -2.32. The lowest BCUT2D eigenvalue weighted by molar-refractivity contribution is -0.152. The summed E-state index contributed by atoms with van der Waals surface area (Å²) < 4.78 is 0. The third-order valence-corrected chi connectivity index (χ3v) is 4.52. The predicted octanol–water partition coefficient (Wildman–Crippen LogP) is 2.18. The summed E-state index contributed by atoms with van der Waals surface area (Å²) in [6.07, 6.45) is 10.1. The van der Waals surface area contributed by atoms with Gasteiger partial charge in [0.15, 0.2) is 0 Å². The zero-order valence-corrected chi connectivity index (χ0v) is 12.1. The molecular weight excluding hydrogens is 240 g/mol. The second kappa shape index (κ2) is 6.92. The van der Waals surface area contributed by atoms with E-state index in [2.05, 4.69) is 0 Å². The summed E-state index contributed by atoms with van der Waals surface area (Å²) >= 11 is 0. The third kappa shape index (κ3) is 3.71. The number of nitrogens with zero attached hydrogens (tertiary/aromatic N) is 2. The number of hydrogen-bond acceptors (Lipinski definition) is 2. The van der Waals surface area contributed by atoms with Gasteiger partial charge >= 0.3 is 11.8 Å². The minimum absolute atomic E-state index is 0.275. The highest BCUT2D eigenvalue weighted by atomic mass is 16.2. The van der Waals surface area contributed by atoms with Crippen molar-refractivity contribution in [1.29, 1.82) is 0 Å². The topological polar surface area (TPSA) is 40.6 Å². The second-order valence-electron chi connectivity index (χ2n) is 5.91. The summed E-state index contributed by atoms with van der Waals surface area (Å²) in [5.41, 5.74) is 0. The van der Waals surface area contributed by atoms with Gasteiger partial charge in [0.25, 0.3) is 0 Å². The number of carbonyl (C=O) groups is 2. The average Bonchev–Trinajstić information content (AvgIpc) is 2.75. The maximum Gasteiger partial charge on any atom is 0.312 e. The van der Waals surface area contributed by atoms with Crippen LogP contribution in [0.15, 0.2) is 0 Å². The molecule has 108 valence electrons. The monoisotopic (exact) mass is 266 g/mol. The van der Waals surface area contributed by atoms with E-state index in [1.807, 2.05) is 0 Å². The highest BCUT2D eigenvalue weighted by Crippen LogP contribution is 2.22. The van der Waals surface area contributed by atoms with Gasteiger partial charge < -0.3 is 9.80 Å². The fraction of sp³-hybridized carbons (Fsp3) is 0.867. The van der Waals surface area contributed by atoms with Crippen LogP contribution in [0.1, 0.15) is 57.8 Å². The summed E-state index contributed by atoms with van der Waals surface area (Å²) in [6.45, 7) is 1.51. The largest absolute Gasteiger partial charge is 0.335 e. The molecule has 1 saturated carbocycles. The smallest absolute Gasteiger partial charge is 0.312 e. The van der Waals surface area contributed by atoms with E-state index in [1.54, 1.807) is 16.8 Å². The van der Waals surface area contributed by atoms with Gasteiger partial charge in [-0.1, -0.05) is 32.1 Å². The summed E-state index contributed by atoms with van der Waals surface area (Å²) in [7, 11) is 1.80. The maximum absolute atomic E-state index is 12.3. The molecule has 0 aromatic carbocycles. The normalized spacial score (nSPS) is 21.8. The van der Waals surface area contributed by atoms with Gasteiger partial charge in [-0.3, -0.25) is 9.59 Å². The van der Waals surface area contributed by atoms with Gasteiger partial charge in [0.05, 0.1) is 0 Å². The zero-order chi connectivity index (χ0) is 13.7. The summed E-state index contributed by atoms with van der Waals surface area (Å²) in [5, 5.41) is 0. The molecular formula is C15H26N2O2. The molecule has 0 aromatic heterocycles. The molecule has 4 heteroatoms. The molecule has 0 radical (unpaired) electrons. The Kier molecular flexibility index (Phi) is 5.23. The molecule has 2 fully saturated rings. The standard InChI is InChI=1S/C15H26N2O2/c1-16(13-9-5-4-6-10-13)14(18)15(19)17-11-7-2-3-8-12-17/h13H,2-12H2,1H3. The number of hydrogen-bond donors (Lipinski definition) is 0. The fourth-order valence-corrected chi connectivity index (χ4v) is 3.19. The summed E-state index contributed by atoms with van der Waals surface area (Å²) in [4.78, 5) is 28.0. The molecule has 1 aliphatic heterocycles. The first-order valence-corrected chi connectivity index (χ1v) is 7.76. The summed E-state index contributed by atoms with van der Waals surface area (Å²) in [5.74, 6) is -0.580. The second-order valence-corrected chi connectivity index (χ2v) is 5.91. The van der Waals surface area contributed by atoms with Crippen LogP contribution in [0.5, 0.6) is 0 Å². The number of likely N-dealkylation sites (tertiary alicyclic amines) is 1. The van der Waals surface area contributed by atoms with Crippen molar-refractivity contribution in [3.8, 4) is 0 Å². The Labute approximate surface area is 116 Å². The molecule has 1 heterocycles. The van der Waals surface area contributed by atoms with E-state index < -0.39 is 0 Å². The fourth-order valence-electron chi connectivity index (χ4n) is 3.19. The van der Waals surface area contributed by atoms with E-state index in [9.17, 15) is 9.59 Å². The molecule has 0 atom stereocenters. The zero-order valence-electron chi connectivity index (χ0n) is 12.1. The Bertz CT molecular complexity index is 316. The first-order chi connectivity index (χ1) is 9.20. The molecule has 2 amide bonds. The Morgan fingerprint density at radius 1 is 0.895 bits per heavy atom. The Morgan fingerprint density at radius 2 is 1.42 bits per heavy atom. The van der Waals surface area contributed by atoms with E-state index >= 15 is 0 Å². The Morgan fingerprint density at radius 3 is 2.00 bits per heavy atom. The first-order valence-electron chi connectivity index (χ1n) is 7.76. The number of rotatable bonds is 1. The highest BCUT2D eigenvalue weighted by molar-refractivity contribution is 6.34. The molecule has 1 aliphatic carbocycles. The minimum atomic E-state index is -0.297. The molecule has 0 N–H and O–H groups in total. The van der Waals surface area contributed by atoms with E-state index in [4.69, 9.17) is 0 Å². The van der Waals surface area contributed by atoms with Crippen LogP contribution in [0.3, 0.4) is 0 Å². The van der Waals surface area contributed by atoms with Gasteiger partial charge in [0.1, 0.15) is 0 Å².